The van der Waals surface area contributed by atoms with E-state index >= 15 is 0 Å². The zero-order valence-electron chi connectivity index (χ0n) is 21.4. The minimum absolute atomic E-state index is 0.0567. The summed E-state index contributed by atoms with van der Waals surface area (Å²) in [5.41, 5.74) is 1.26. The molecule has 2 aromatic carbocycles. The molecule has 0 spiro atoms. The van der Waals surface area contributed by atoms with E-state index in [-0.39, 0.29) is 28.0 Å². The molecule has 2 saturated heterocycles. The smallest absolute Gasteiger partial charge is 0.246 e. The highest BCUT2D eigenvalue weighted by Crippen LogP contribution is 2.31. The Bertz CT molecular complexity index is 1340. The third-order valence-electron chi connectivity index (χ3n) is 6.91. The molecule has 0 bridgehead atoms. The van der Waals surface area contributed by atoms with Gasteiger partial charge in [-0.3, -0.25) is 4.79 Å². The first-order valence-corrected chi connectivity index (χ1v) is 15.1. The van der Waals surface area contributed by atoms with Crippen LogP contribution in [0.4, 0.5) is 5.69 Å². The quantitative estimate of drug-likeness (QED) is 0.560. The average molecular weight is 551 g/mol. The van der Waals surface area contributed by atoms with E-state index < -0.39 is 26.0 Å². The monoisotopic (exact) mass is 550 g/mol. The number of likely N-dealkylation sites (N-methyl/N-ethyl adjacent to an activating group) is 1. The molecule has 202 valence electrons. The summed E-state index contributed by atoms with van der Waals surface area (Å²) in [5.74, 6) is -0.567. The second-order valence-electron chi connectivity index (χ2n) is 9.58. The third-order valence-corrected chi connectivity index (χ3v) is 10.7. The number of nitrogens with zero attached hydrogens (tertiary/aromatic N) is 3. The number of rotatable bonds is 7. The standard InChI is InChI=1S/C25H34N4O6S2/c1-19-6-11-23(35-3)24(17-19)37(33,34)29-12-4-5-20(18-29)25(30)26-21-7-9-22(10-8-21)36(31,32)28-15-13-27(2)14-16-28/h6-11,17,20H,4-5,12-16,18H2,1-3H3,(H,26,30)/t20-/m0/s1. The summed E-state index contributed by atoms with van der Waals surface area (Å²) in [7, 11) is -4.06. The fourth-order valence-electron chi connectivity index (χ4n) is 4.63. The number of methoxy groups -OCH3 is 1. The number of anilines is 1. The second kappa shape index (κ2) is 11.1. The van der Waals surface area contributed by atoms with Crippen LogP contribution in [0.1, 0.15) is 18.4 Å². The molecule has 4 rings (SSSR count). The van der Waals surface area contributed by atoms with Crippen LogP contribution < -0.4 is 10.1 Å². The molecule has 1 atom stereocenters. The van der Waals surface area contributed by atoms with Gasteiger partial charge < -0.3 is 15.0 Å². The number of aryl methyl sites for hydroxylation is 1. The van der Waals surface area contributed by atoms with Crippen molar-refractivity contribution in [2.75, 3.05) is 58.7 Å². The van der Waals surface area contributed by atoms with Gasteiger partial charge in [0.1, 0.15) is 10.6 Å². The van der Waals surface area contributed by atoms with Crippen LogP contribution in [0.15, 0.2) is 52.3 Å². The van der Waals surface area contributed by atoms with Gasteiger partial charge in [0.2, 0.25) is 26.0 Å². The molecule has 2 fully saturated rings. The van der Waals surface area contributed by atoms with Crippen molar-refractivity contribution in [3.05, 3.63) is 48.0 Å². The number of benzene rings is 2. The number of amides is 1. The Hall–Kier alpha value is -2.51. The van der Waals surface area contributed by atoms with Crippen LogP contribution in [0.3, 0.4) is 0 Å². The molecule has 2 aliphatic heterocycles. The fourth-order valence-corrected chi connectivity index (χ4v) is 7.82. The largest absolute Gasteiger partial charge is 0.495 e. The average Bonchev–Trinajstić information content (AvgIpc) is 2.89. The molecule has 0 aromatic heterocycles. The van der Waals surface area contributed by atoms with E-state index in [0.717, 1.165) is 5.56 Å². The number of nitrogens with one attached hydrogen (secondary N) is 1. The van der Waals surface area contributed by atoms with Gasteiger partial charge in [-0.25, -0.2) is 16.8 Å². The number of sulfonamides is 2. The lowest BCUT2D eigenvalue weighted by molar-refractivity contribution is -0.120. The molecule has 12 heteroatoms. The van der Waals surface area contributed by atoms with E-state index in [0.29, 0.717) is 51.3 Å². The molecule has 0 radical (unpaired) electrons. The predicted octanol–water partition coefficient (Wildman–Crippen LogP) is 1.98. The lowest BCUT2D eigenvalue weighted by Gasteiger charge is -2.32. The number of hydrogen-bond acceptors (Lipinski definition) is 7. The normalized spacial score (nSPS) is 20.5. The molecule has 10 nitrogen and oxygen atoms in total. The van der Waals surface area contributed by atoms with Gasteiger partial charge in [-0.05, 0) is 68.8 Å². The van der Waals surface area contributed by atoms with Crippen LogP contribution in [0.2, 0.25) is 0 Å². The van der Waals surface area contributed by atoms with Crippen molar-refractivity contribution < 1.29 is 26.4 Å². The van der Waals surface area contributed by atoms with Crippen LogP contribution in [0, 0.1) is 12.8 Å². The lowest BCUT2D eigenvalue weighted by Crippen LogP contribution is -2.47. The zero-order chi connectivity index (χ0) is 26.8. The summed E-state index contributed by atoms with van der Waals surface area (Å²) < 4.78 is 60.7. The molecule has 37 heavy (non-hydrogen) atoms. The third kappa shape index (κ3) is 5.99. The Morgan fingerprint density at radius 2 is 1.59 bits per heavy atom. The number of piperazine rings is 1. The fraction of sp³-hybridized carbons (Fsp3) is 0.480. The molecular weight excluding hydrogens is 516 g/mol. The Balaban J connectivity index is 1.43. The van der Waals surface area contributed by atoms with Crippen molar-refractivity contribution in [1.29, 1.82) is 0 Å². The molecule has 2 aromatic rings. The molecule has 2 aliphatic rings. The van der Waals surface area contributed by atoms with Crippen LogP contribution >= 0.6 is 0 Å². The van der Waals surface area contributed by atoms with Crippen molar-refractivity contribution >= 4 is 31.6 Å². The maximum absolute atomic E-state index is 13.4. The maximum atomic E-state index is 13.4. The zero-order valence-corrected chi connectivity index (χ0v) is 23.0. The predicted molar refractivity (Wildman–Crippen MR) is 141 cm³/mol. The van der Waals surface area contributed by atoms with Crippen LogP contribution in [-0.4, -0.2) is 89.7 Å². The van der Waals surface area contributed by atoms with Gasteiger partial charge in [0.25, 0.3) is 0 Å². The maximum Gasteiger partial charge on any atom is 0.246 e. The molecule has 1 amide bonds. The van der Waals surface area contributed by atoms with Gasteiger partial charge in [0, 0.05) is 45.0 Å². The van der Waals surface area contributed by atoms with Crippen LogP contribution in [0.5, 0.6) is 5.75 Å². The van der Waals surface area contributed by atoms with Gasteiger partial charge in [-0.1, -0.05) is 6.07 Å². The first-order valence-electron chi connectivity index (χ1n) is 12.3. The molecule has 1 N–H and O–H groups in total. The Morgan fingerprint density at radius 1 is 0.919 bits per heavy atom. The van der Waals surface area contributed by atoms with Crippen LogP contribution in [-0.2, 0) is 24.8 Å². The first-order chi connectivity index (χ1) is 17.5. The number of piperidine rings is 1. The van der Waals surface area contributed by atoms with E-state index in [2.05, 4.69) is 10.2 Å². The number of hydrogen-bond donors (Lipinski definition) is 1. The summed E-state index contributed by atoms with van der Waals surface area (Å²) in [6, 6.07) is 11.1. The van der Waals surface area contributed by atoms with E-state index in [1.165, 1.54) is 27.9 Å². The molecule has 2 heterocycles. The topological polar surface area (TPSA) is 116 Å². The van der Waals surface area contributed by atoms with Crippen molar-refractivity contribution in [2.45, 2.75) is 29.6 Å². The number of carbonyl (C=O) groups excluding carboxylic acids is 1. The van der Waals surface area contributed by atoms with Crippen molar-refractivity contribution in [3.63, 3.8) is 0 Å². The highest BCUT2D eigenvalue weighted by atomic mass is 32.2. The van der Waals surface area contributed by atoms with Crippen molar-refractivity contribution in [3.8, 4) is 5.75 Å². The van der Waals surface area contributed by atoms with Gasteiger partial charge >= 0.3 is 0 Å². The summed E-state index contributed by atoms with van der Waals surface area (Å²) in [6.07, 6.45) is 1.10. The van der Waals surface area contributed by atoms with Gasteiger partial charge in [-0.2, -0.15) is 8.61 Å². The summed E-state index contributed by atoms with van der Waals surface area (Å²) in [5, 5.41) is 2.82. The van der Waals surface area contributed by atoms with Gasteiger partial charge in [0.15, 0.2) is 0 Å². The summed E-state index contributed by atoms with van der Waals surface area (Å²) >= 11 is 0. The highest BCUT2D eigenvalue weighted by Gasteiger charge is 2.35. The minimum Gasteiger partial charge on any atom is -0.495 e. The lowest BCUT2D eigenvalue weighted by atomic mass is 9.99. The Kier molecular flexibility index (Phi) is 8.24. The molecule has 0 unspecified atom stereocenters. The van der Waals surface area contributed by atoms with Gasteiger partial charge in [0.05, 0.1) is 17.9 Å². The number of carbonyl (C=O) groups is 1. The van der Waals surface area contributed by atoms with E-state index in [1.807, 2.05) is 14.0 Å². The summed E-state index contributed by atoms with van der Waals surface area (Å²) in [6.45, 7) is 4.42. The SMILES string of the molecule is COc1ccc(C)cc1S(=O)(=O)N1CCC[C@H](C(=O)Nc2ccc(S(=O)(=O)N3CCN(C)CC3)cc2)C1. The van der Waals surface area contributed by atoms with E-state index in [1.54, 1.807) is 30.3 Å². The second-order valence-corrected chi connectivity index (χ2v) is 13.4. The van der Waals surface area contributed by atoms with Crippen molar-refractivity contribution in [1.82, 2.24) is 13.5 Å². The summed E-state index contributed by atoms with van der Waals surface area (Å²) in [4.78, 5) is 15.4. The highest BCUT2D eigenvalue weighted by molar-refractivity contribution is 7.89. The molecule has 0 saturated carbocycles. The Morgan fingerprint density at radius 3 is 2.24 bits per heavy atom. The minimum atomic E-state index is -3.85. The number of ether oxygens (including phenoxy) is 1. The van der Waals surface area contributed by atoms with E-state index in [4.69, 9.17) is 4.74 Å². The van der Waals surface area contributed by atoms with Gasteiger partial charge in [-0.15, -0.1) is 0 Å². The van der Waals surface area contributed by atoms with E-state index in [9.17, 15) is 21.6 Å². The molecule has 0 aliphatic carbocycles. The first kappa shape index (κ1) is 27.5. The van der Waals surface area contributed by atoms with Crippen molar-refractivity contribution in [2.24, 2.45) is 5.92 Å². The molecular formula is C25H34N4O6S2. The Labute approximate surface area is 219 Å². The van der Waals surface area contributed by atoms with Crippen LogP contribution in [0.25, 0.3) is 0 Å².